The van der Waals surface area contributed by atoms with Gasteiger partial charge in [-0.05, 0) is 49.3 Å². The van der Waals surface area contributed by atoms with Crippen molar-refractivity contribution in [3.63, 3.8) is 0 Å². The number of fused-ring (bicyclic) bond motifs is 1. The van der Waals surface area contributed by atoms with E-state index in [1.54, 1.807) is 24.3 Å². The minimum atomic E-state index is -0.285. The Morgan fingerprint density at radius 2 is 2.04 bits per heavy atom. The van der Waals surface area contributed by atoms with E-state index < -0.39 is 0 Å². The fourth-order valence-corrected chi connectivity index (χ4v) is 4.85. The second kappa shape index (κ2) is 8.23. The summed E-state index contributed by atoms with van der Waals surface area (Å²) in [6.45, 7) is 4.87. The van der Waals surface area contributed by atoms with Gasteiger partial charge in [-0.15, -0.1) is 11.3 Å². The molecule has 0 saturated heterocycles. The van der Waals surface area contributed by atoms with Crippen LogP contribution in [0.1, 0.15) is 57.8 Å². The van der Waals surface area contributed by atoms with Gasteiger partial charge in [0.1, 0.15) is 5.00 Å². The molecule has 1 atom stereocenters. The maximum atomic E-state index is 12.7. The molecule has 2 aromatic rings. The second-order valence-corrected chi connectivity index (χ2v) is 8.26. The van der Waals surface area contributed by atoms with Gasteiger partial charge in [-0.2, -0.15) is 0 Å². The van der Waals surface area contributed by atoms with Crippen LogP contribution in [0.3, 0.4) is 0 Å². The first-order valence-corrected chi connectivity index (χ1v) is 10.2. The van der Waals surface area contributed by atoms with Crippen molar-refractivity contribution >= 4 is 39.8 Å². The Kier molecular flexibility index (Phi) is 5.99. The summed E-state index contributed by atoms with van der Waals surface area (Å²) in [5.74, 6) is 0.208. The number of thiophene rings is 1. The van der Waals surface area contributed by atoms with Crippen molar-refractivity contribution < 1.29 is 9.59 Å². The van der Waals surface area contributed by atoms with Gasteiger partial charge in [0.15, 0.2) is 0 Å². The Morgan fingerprint density at radius 3 is 2.77 bits per heavy atom. The molecule has 0 spiro atoms. The SMILES string of the molecule is CCCNC(=O)c1c(NC(=O)c2ccccc2Cl)sc2c1CCC(C)C2. The molecule has 3 rings (SSSR count). The lowest BCUT2D eigenvalue weighted by Gasteiger charge is -2.18. The number of hydrogen-bond acceptors (Lipinski definition) is 3. The fraction of sp³-hybridized carbons (Fsp3) is 0.400. The molecular weight excluding hydrogens is 368 g/mol. The number of nitrogens with one attached hydrogen (secondary N) is 2. The Hall–Kier alpha value is -1.85. The van der Waals surface area contributed by atoms with Gasteiger partial charge in [-0.25, -0.2) is 0 Å². The largest absolute Gasteiger partial charge is 0.352 e. The summed E-state index contributed by atoms with van der Waals surface area (Å²) in [6, 6.07) is 6.93. The lowest BCUT2D eigenvalue weighted by Crippen LogP contribution is -2.26. The van der Waals surface area contributed by atoms with Crippen molar-refractivity contribution in [2.75, 3.05) is 11.9 Å². The molecule has 26 heavy (non-hydrogen) atoms. The van der Waals surface area contributed by atoms with Gasteiger partial charge in [0.25, 0.3) is 11.8 Å². The monoisotopic (exact) mass is 390 g/mol. The summed E-state index contributed by atoms with van der Waals surface area (Å²) in [7, 11) is 0. The van der Waals surface area contributed by atoms with Crippen molar-refractivity contribution in [2.24, 2.45) is 5.92 Å². The van der Waals surface area contributed by atoms with Crippen molar-refractivity contribution in [2.45, 2.75) is 39.5 Å². The number of carbonyl (C=O) groups is 2. The molecule has 2 amide bonds. The Balaban J connectivity index is 1.94. The van der Waals surface area contributed by atoms with Gasteiger partial charge in [-0.3, -0.25) is 9.59 Å². The van der Waals surface area contributed by atoms with E-state index in [1.165, 1.54) is 16.2 Å². The second-order valence-electron chi connectivity index (χ2n) is 6.75. The first kappa shape index (κ1) is 18.9. The lowest BCUT2D eigenvalue weighted by atomic mass is 9.88. The molecule has 0 aliphatic heterocycles. The van der Waals surface area contributed by atoms with Gasteiger partial charge >= 0.3 is 0 Å². The Morgan fingerprint density at radius 1 is 1.27 bits per heavy atom. The number of hydrogen-bond donors (Lipinski definition) is 2. The molecular formula is C20H23ClN2O2S. The molecule has 4 nitrogen and oxygen atoms in total. The highest BCUT2D eigenvalue weighted by molar-refractivity contribution is 7.17. The maximum absolute atomic E-state index is 12.7. The summed E-state index contributed by atoms with van der Waals surface area (Å²) in [4.78, 5) is 26.6. The molecule has 2 N–H and O–H groups in total. The fourth-order valence-electron chi connectivity index (χ4n) is 3.22. The van der Waals surface area contributed by atoms with E-state index in [4.69, 9.17) is 11.6 Å². The number of rotatable bonds is 5. The zero-order valence-electron chi connectivity index (χ0n) is 15.0. The van der Waals surface area contributed by atoms with E-state index in [1.807, 2.05) is 6.92 Å². The molecule has 1 heterocycles. The van der Waals surface area contributed by atoms with E-state index in [2.05, 4.69) is 17.6 Å². The first-order valence-electron chi connectivity index (χ1n) is 8.99. The minimum Gasteiger partial charge on any atom is -0.352 e. The highest BCUT2D eigenvalue weighted by Crippen LogP contribution is 2.40. The number of anilines is 1. The van der Waals surface area contributed by atoms with Crippen LogP contribution in [-0.4, -0.2) is 18.4 Å². The molecule has 0 saturated carbocycles. The van der Waals surface area contributed by atoms with Gasteiger partial charge in [-0.1, -0.05) is 37.6 Å². The highest BCUT2D eigenvalue weighted by atomic mass is 35.5. The minimum absolute atomic E-state index is 0.103. The number of halogens is 1. The van der Waals surface area contributed by atoms with Gasteiger partial charge < -0.3 is 10.6 Å². The van der Waals surface area contributed by atoms with E-state index in [0.29, 0.717) is 33.6 Å². The summed E-state index contributed by atoms with van der Waals surface area (Å²) in [5.41, 5.74) is 2.13. The maximum Gasteiger partial charge on any atom is 0.257 e. The average Bonchev–Trinajstić information content (AvgIpc) is 2.96. The van der Waals surface area contributed by atoms with E-state index >= 15 is 0 Å². The van der Waals surface area contributed by atoms with Gasteiger partial charge in [0.2, 0.25) is 0 Å². The Bertz CT molecular complexity index is 831. The van der Waals surface area contributed by atoms with Crippen molar-refractivity contribution in [3.05, 3.63) is 50.9 Å². The normalized spacial score (nSPS) is 16.0. The van der Waals surface area contributed by atoms with Crippen LogP contribution in [0, 0.1) is 5.92 Å². The quantitative estimate of drug-likeness (QED) is 0.761. The van der Waals surface area contributed by atoms with Crippen LogP contribution >= 0.6 is 22.9 Å². The van der Waals surface area contributed by atoms with Crippen LogP contribution in [0.15, 0.2) is 24.3 Å². The highest BCUT2D eigenvalue weighted by Gasteiger charge is 2.28. The standard InChI is InChI=1S/C20H23ClN2O2S/c1-3-10-22-19(25)17-14-9-8-12(2)11-16(14)26-20(17)23-18(24)13-6-4-5-7-15(13)21/h4-7,12H,3,8-11H2,1-2H3,(H,22,25)(H,23,24). The molecule has 1 aromatic heterocycles. The third-order valence-electron chi connectivity index (χ3n) is 4.62. The number of benzene rings is 1. The molecule has 6 heteroatoms. The molecule has 1 aliphatic carbocycles. The summed E-state index contributed by atoms with van der Waals surface area (Å²) < 4.78 is 0. The summed E-state index contributed by atoms with van der Waals surface area (Å²) >= 11 is 7.66. The summed E-state index contributed by atoms with van der Waals surface area (Å²) in [5, 5.41) is 6.91. The van der Waals surface area contributed by atoms with E-state index in [-0.39, 0.29) is 11.8 Å². The molecule has 0 bridgehead atoms. The average molecular weight is 391 g/mol. The molecule has 0 fully saturated rings. The van der Waals surface area contributed by atoms with Crippen LogP contribution in [0.2, 0.25) is 5.02 Å². The van der Waals surface area contributed by atoms with Gasteiger partial charge in [0, 0.05) is 11.4 Å². The smallest absolute Gasteiger partial charge is 0.257 e. The molecule has 1 unspecified atom stereocenters. The molecule has 0 radical (unpaired) electrons. The lowest BCUT2D eigenvalue weighted by molar-refractivity contribution is 0.0953. The number of carbonyl (C=O) groups excluding carboxylic acids is 2. The van der Waals surface area contributed by atoms with Crippen molar-refractivity contribution in [1.82, 2.24) is 5.32 Å². The molecule has 138 valence electrons. The van der Waals surface area contributed by atoms with E-state index in [9.17, 15) is 9.59 Å². The zero-order valence-corrected chi connectivity index (χ0v) is 16.6. The van der Waals surface area contributed by atoms with Crippen LogP contribution in [0.25, 0.3) is 0 Å². The van der Waals surface area contributed by atoms with Crippen LogP contribution in [0.4, 0.5) is 5.00 Å². The first-order chi connectivity index (χ1) is 12.5. The zero-order chi connectivity index (χ0) is 18.7. The van der Waals surface area contributed by atoms with Crippen molar-refractivity contribution in [1.29, 1.82) is 0 Å². The van der Waals surface area contributed by atoms with E-state index in [0.717, 1.165) is 31.2 Å². The number of amides is 2. The van der Waals surface area contributed by atoms with Crippen LogP contribution < -0.4 is 10.6 Å². The predicted molar refractivity (Wildman–Crippen MR) is 108 cm³/mol. The van der Waals surface area contributed by atoms with Crippen molar-refractivity contribution in [3.8, 4) is 0 Å². The molecule has 1 aliphatic rings. The van der Waals surface area contributed by atoms with Crippen LogP contribution in [-0.2, 0) is 12.8 Å². The third kappa shape index (κ3) is 3.94. The predicted octanol–water partition coefficient (Wildman–Crippen LogP) is 4.92. The third-order valence-corrected chi connectivity index (χ3v) is 6.12. The van der Waals surface area contributed by atoms with Crippen LogP contribution in [0.5, 0.6) is 0 Å². The Labute approximate surface area is 162 Å². The van der Waals surface area contributed by atoms with Gasteiger partial charge in [0.05, 0.1) is 16.1 Å². The summed E-state index contributed by atoms with van der Waals surface area (Å²) in [6.07, 6.45) is 3.77. The molecule has 1 aromatic carbocycles. The topological polar surface area (TPSA) is 58.2 Å².